The molecule has 0 aliphatic heterocycles. The van der Waals surface area contributed by atoms with Crippen molar-refractivity contribution in [3.05, 3.63) is 72.6 Å². The Hall–Kier alpha value is -4.28. The second-order valence-electron chi connectivity index (χ2n) is 18.4. The molecule has 6 atom stereocenters. The molecule has 6 N–H and O–H groups in total. The summed E-state index contributed by atoms with van der Waals surface area (Å²) in [5, 5.41) is 27.9. The van der Waals surface area contributed by atoms with Crippen LogP contribution in [0.5, 0.6) is 0 Å². The van der Waals surface area contributed by atoms with Gasteiger partial charge < -0.3 is 30.8 Å². The molecule has 4 aromatic rings. The minimum atomic E-state index is -0.806. The number of nitrogens with zero attached hydrogens (tertiary/aromatic N) is 2. The summed E-state index contributed by atoms with van der Waals surface area (Å²) < 4.78 is 0. The summed E-state index contributed by atoms with van der Waals surface area (Å²) in [5.41, 5.74) is 3.62. The van der Waals surface area contributed by atoms with Crippen LogP contribution >= 0.6 is 0 Å². The number of hydrogen-bond donors (Lipinski definition) is 6. The van der Waals surface area contributed by atoms with E-state index in [9.17, 15) is 19.8 Å². The standard InChI is InChI=1S/C44H60N6O4/c1-41(2,3)35(49-39(53)43(7)23-11-9-13-33(43)51)37-45-25-31(47-37)29-19-15-27(16-20-29)28-17-21-30(22-18-28)32-26-46-38(48-32)36(42(4,5)6)50-40(54)44(8)24-12-10-14-34(44)52/h15-22,25-26,33-36,51-52H,9-14,23-24H2,1-8H3,(H,45,47)(H,46,48)(H,49,53)(H,50,54)/t33?,34?,35-,36-,43?,44?/m1/s1. The fourth-order valence-electron chi connectivity index (χ4n) is 8.09. The number of H-pyrrole nitrogens is 2. The van der Waals surface area contributed by atoms with E-state index >= 15 is 0 Å². The number of hydrogen-bond acceptors (Lipinski definition) is 6. The number of carbonyl (C=O) groups excluding carboxylic acids is 2. The van der Waals surface area contributed by atoms with E-state index in [1.165, 1.54) is 0 Å². The Labute approximate surface area is 320 Å². The van der Waals surface area contributed by atoms with E-state index in [-0.39, 0.29) is 34.7 Å². The van der Waals surface area contributed by atoms with Crippen LogP contribution in [0, 0.1) is 21.7 Å². The molecule has 2 heterocycles. The zero-order valence-corrected chi connectivity index (χ0v) is 33.3. The van der Waals surface area contributed by atoms with Crippen molar-refractivity contribution in [3.63, 3.8) is 0 Å². The van der Waals surface area contributed by atoms with Gasteiger partial charge in [-0.1, -0.05) is 116 Å². The predicted molar refractivity (Wildman–Crippen MR) is 213 cm³/mol. The van der Waals surface area contributed by atoms with Gasteiger partial charge in [0.15, 0.2) is 0 Å². The molecule has 2 aliphatic rings. The van der Waals surface area contributed by atoms with Gasteiger partial charge in [-0.3, -0.25) is 9.59 Å². The number of aliphatic hydroxyl groups is 2. The zero-order valence-electron chi connectivity index (χ0n) is 33.3. The first kappa shape index (κ1) is 39.4. The first-order chi connectivity index (χ1) is 25.4. The highest BCUT2D eigenvalue weighted by atomic mass is 16.3. The average molecular weight is 737 g/mol. The lowest BCUT2D eigenvalue weighted by Crippen LogP contribution is -2.51. The minimum Gasteiger partial charge on any atom is -0.392 e. The fourth-order valence-corrected chi connectivity index (χ4v) is 8.09. The Kier molecular flexibility index (Phi) is 11.0. The van der Waals surface area contributed by atoms with E-state index in [0.717, 1.165) is 59.3 Å². The van der Waals surface area contributed by atoms with Crippen LogP contribution in [0.15, 0.2) is 60.9 Å². The molecule has 0 saturated heterocycles. The maximum absolute atomic E-state index is 13.5. The molecule has 54 heavy (non-hydrogen) atoms. The van der Waals surface area contributed by atoms with E-state index < -0.39 is 23.0 Å². The predicted octanol–water partition coefficient (Wildman–Crippen LogP) is 8.42. The van der Waals surface area contributed by atoms with Gasteiger partial charge in [-0.15, -0.1) is 0 Å². The molecule has 4 unspecified atom stereocenters. The first-order valence-electron chi connectivity index (χ1n) is 19.7. The Morgan fingerprint density at radius 3 is 1.28 bits per heavy atom. The van der Waals surface area contributed by atoms with Gasteiger partial charge in [-0.05, 0) is 72.6 Å². The highest BCUT2D eigenvalue weighted by molar-refractivity contribution is 5.84. The van der Waals surface area contributed by atoms with Crippen molar-refractivity contribution in [2.45, 2.75) is 131 Å². The SMILES string of the molecule is CC1(C(=O)N[C@H](c2ncc(-c3ccc(-c4ccc(-c5cnc([C@@H](NC(=O)C6(C)CCCCC6O)C(C)(C)C)[nH]5)cc4)cc3)[nH]2)C(C)(C)C)CCCCC1O. The summed E-state index contributed by atoms with van der Waals surface area (Å²) in [5.74, 6) is 1.13. The van der Waals surface area contributed by atoms with Gasteiger partial charge in [0.05, 0.1) is 58.9 Å². The molecule has 2 aromatic carbocycles. The molecular formula is C44H60N6O4. The maximum Gasteiger partial charge on any atom is 0.229 e. The van der Waals surface area contributed by atoms with Crippen LogP contribution in [0.25, 0.3) is 33.6 Å². The number of imidazole rings is 2. The van der Waals surface area contributed by atoms with Crippen LogP contribution in [-0.2, 0) is 9.59 Å². The highest BCUT2D eigenvalue weighted by Crippen LogP contribution is 2.41. The topological polar surface area (TPSA) is 156 Å². The first-order valence-corrected chi connectivity index (χ1v) is 19.7. The summed E-state index contributed by atoms with van der Waals surface area (Å²) in [6, 6.07) is 15.9. The Morgan fingerprint density at radius 1 is 0.630 bits per heavy atom. The molecule has 0 spiro atoms. The van der Waals surface area contributed by atoms with Gasteiger partial charge in [0, 0.05) is 0 Å². The van der Waals surface area contributed by atoms with Gasteiger partial charge in [0.1, 0.15) is 11.6 Å². The molecule has 0 radical (unpaired) electrons. The number of benzene rings is 2. The zero-order chi connectivity index (χ0) is 39.1. The van der Waals surface area contributed by atoms with Crippen molar-refractivity contribution in [1.29, 1.82) is 0 Å². The molecule has 2 fully saturated rings. The number of rotatable bonds is 9. The van der Waals surface area contributed by atoms with E-state index in [0.29, 0.717) is 37.3 Å². The molecule has 0 bridgehead atoms. The third-order valence-electron chi connectivity index (χ3n) is 12.1. The molecule has 10 heteroatoms. The van der Waals surface area contributed by atoms with Crippen LogP contribution in [0.3, 0.4) is 0 Å². The average Bonchev–Trinajstić information content (AvgIpc) is 3.82. The van der Waals surface area contributed by atoms with Crippen LogP contribution in [0.4, 0.5) is 0 Å². The van der Waals surface area contributed by atoms with Crippen molar-refractivity contribution in [2.75, 3.05) is 0 Å². The van der Waals surface area contributed by atoms with Crippen molar-refractivity contribution < 1.29 is 19.8 Å². The van der Waals surface area contributed by atoms with Crippen LogP contribution in [0.2, 0.25) is 0 Å². The van der Waals surface area contributed by atoms with Crippen molar-refractivity contribution in [2.24, 2.45) is 21.7 Å². The van der Waals surface area contributed by atoms with E-state index in [1.807, 2.05) is 26.2 Å². The van der Waals surface area contributed by atoms with Gasteiger partial charge in [-0.25, -0.2) is 9.97 Å². The maximum atomic E-state index is 13.5. The van der Waals surface area contributed by atoms with E-state index in [1.54, 1.807) is 0 Å². The summed E-state index contributed by atoms with van der Waals surface area (Å²) in [4.78, 5) is 43.5. The summed E-state index contributed by atoms with van der Waals surface area (Å²) in [7, 11) is 0. The normalized spacial score (nSPS) is 24.8. The minimum absolute atomic E-state index is 0.126. The quantitative estimate of drug-likeness (QED) is 0.101. The second kappa shape index (κ2) is 15.1. The van der Waals surface area contributed by atoms with Crippen molar-refractivity contribution >= 4 is 11.8 Å². The van der Waals surface area contributed by atoms with Crippen LogP contribution in [-0.4, -0.2) is 54.2 Å². The van der Waals surface area contributed by atoms with E-state index in [4.69, 9.17) is 9.97 Å². The highest BCUT2D eigenvalue weighted by Gasteiger charge is 2.45. The van der Waals surface area contributed by atoms with Gasteiger partial charge in [-0.2, -0.15) is 0 Å². The molecular weight excluding hydrogens is 677 g/mol. The summed E-state index contributed by atoms with van der Waals surface area (Å²) in [6.07, 6.45) is 8.73. The molecule has 290 valence electrons. The van der Waals surface area contributed by atoms with Crippen LogP contribution in [0.1, 0.15) is 130 Å². The Balaban J connectivity index is 1.14. The number of aliphatic hydroxyl groups excluding tert-OH is 2. The number of aromatic amines is 2. The fraction of sp³-hybridized carbons (Fsp3) is 0.545. The Bertz CT molecular complexity index is 1780. The monoisotopic (exact) mass is 736 g/mol. The van der Waals surface area contributed by atoms with Gasteiger partial charge in [0.2, 0.25) is 11.8 Å². The third kappa shape index (κ3) is 8.05. The molecule has 2 amide bonds. The van der Waals surface area contributed by atoms with Crippen molar-refractivity contribution in [1.82, 2.24) is 30.6 Å². The molecule has 2 aliphatic carbocycles. The van der Waals surface area contributed by atoms with Crippen LogP contribution < -0.4 is 10.6 Å². The largest absolute Gasteiger partial charge is 0.392 e. The number of aromatic nitrogens is 4. The third-order valence-corrected chi connectivity index (χ3v) is 12.1. The van der Waals surface area contributed by atoms with E-state index in [2.05, 4.69) is 111 Å². The molecule has 6 rings (SSSR count). The van der Waals surface area contributed by atoms with Crippen molar-refractivity contribution in [3.8, 4) is 33.6 Å². The number of carbonyl (C=O) groups is 2. The lowest BCUT2D eigenvalue weighted by molar-refractivity contribution is -0.142. The number of amides is 2. The van der Waals surface area contributed by atoms with Gasteiger partial charge >= 0.3 is 0 Å². The lowest BCUT2D eigenvalue weighted by Gasteiger charge is -2.39. The lowest BCUT2D eigenvalue weighted by atomic mass is 9.72. The molecule has 2 aromatic heterocycles. The molecule has 2 saturated carbocycles. The smallest absolute Gasteiger partial charge is 0.229 e. The number of nitrogens with one attached hydrogen (secondary N) is 4. The second-order valence-corrected chi connectivity index (χ2v) is 18.4. The molecule has 10 nitrogen and oxygen atoms in total. The van der Waals surface area contributed by atoms with Gasteiger partial charge in [0.25, 0.3) is 0 Å². The summed E-state index contributed by atoms with van der Waals surface area (Å²) >= 11 is 0. The summed E-state index contributed by atoms with van der Waals surface area (Å²) in [6.45, 7) is 16.2. The Morgan fingerprint density at radius 2 is 0.963 bits per heavy atom.